The van der Waals surface area contributed by atoms with Gasteiger partial charge in [0.1, 0.15) is 0 Å². The lowest BCUT2D eigenvalue weighted by Gasteiger charge is -2.45. The van der Waals surface area contributed by atoms with Crippen LogP contribution in [0.2, 0.25) is 0 Å². The number of nitrogens with zero attached hydrogens (tertiary/aromatic N) is 1. The average Bonchev–Trinajstić information content (AvgIpc) is 2.33. The van der Waals surface area contributed by atoms with Crippen molar-refractivity contribution in [3.05, 3.63) is 0 Å². The Morgan fingerprint density at radius 3 is 2.61 bits per heavy atom. The number of nitrogens with one attached hydrogen (secondary N) is 1. The predicted octanol–water partition coefficient (Wildman–Crippen LogP) is 3.67. The minimum Gasteiger partial charge on any atom is -0.315 e. The molecule has 2 heteroatoms. The third-order valence-electron chi connectivity index (χ3n) is 4.68. The van der Waals surface area contributed by atoms with Gasteiger partial charge in [-0.2, -0.15) is 0 Å². The van der Waals surface area contributed by atoms with Gasteiger partial charge in [0.25, 0.3) is 0 Å². The Hall–Kier alpha value is -0.0800. The fourth-order valence-corrected chi connectivity index (χ4v) is 3.36. The molecule has 2 atom stereocenters. The monoisotopic (exact) mass is 254 g/mol. The summed E-state index contributed by atoms with van der Waals surface area (Å²) in [5.74, 6) is 0.892. The standard InChI is InChI=1S/C16H34N2/c1-5-6-7-8-12-17-14-16(18(3)4)11-9-10-15(2)13-16/h15,17H,5-14H2,1-4H3. The van der Waals surface area contributed by atoms with E-state index >= 15 is 0 Å². The number of unbranched alkanes of at least 4 members (excludes halogenated alkanes) is 3. The Morgan fingerprint density at radius 1 is 1.22 bits per heavy atom. The van der Waals surface area contributed by atoms with Crippen LogP contribution < -0.4 is 5.32 Å². The highest BCUT2D eigenvalue weighted by molar-refractivity contribution is 4.94. The molecule has 1 rings (SSSR count). The molecular weight excluding hydrogens is 220 g/mol. The summed E-state index contributed by atoms with van der Waals surface area (Å²) < 4.78 is 0. The van der Waals surface area contributed by atoms with Crippen molar-refractivity contribution in [1.82, 2.24) is 10.2 Å². The molecule has 0 spiro atoms. The third-order valence-corrected chi connectivity index (χ3v) is 4.68. The molecule has 0 radical (unpaired) electrons. The summed E-state index contributed by atoms with van der Waals surface area (Å²) >= 11 is 0. The molecule has 0 bridgehead atoms. The highest BCUT2D eigenvalue weighted by Gasteiger charge is 2.36. The van der Waals surface area contributed by atoms with Gasteiger partial charge < -0.3 is 10.2 Å². The van der Waals surface area contributed by atoms with E-state index in [4.69, 9.17) is 0 Å². The van der Waals surface area contributed by atoms with Crippen LogP contribution in [0.4, 0.5) is 0 Å². The van der Waals surface area contributed by atoms with Crippen molar-refractivity contribution in [3.8, 4) is 0 Å². The van der Waals surface area contributed by atoms with E-state index in [1.165, 1.54) is 64.5 Å². The van der Waals surface area contributed by atoms with Crippen LogP contribution in [0.15, 0.2) is 0 Å². The van der Waals surface area contributed by atoms with Crippen LogP contribution in [0.5, 0.6) is 0 Å². The molecule has 2 nitrogen and oxygen atoms in total. The first-order valence-corrected chi connectivity index (χ1v) is 7.99. The van der Waals surface area contributed by atoms with E-state index in [9.17, 15) is 0 Å². The first-order valence-electron chi connectivity index (χ1n) is 7.99. The SMILES string of the molecule is CCCCCCNCC1(N(C)C)CCCC(C)C1. The predicted molar refractivity (Wildman–Crippen MR) is 81.1 cm³/mol. The summed E-state index contributed by atoms with van der Waals surface area (Å²) in [5, 5.41) is 3.72. The molecule has 1 saturated carbocycles. The average molecular weight is 254 g/mol. The Labute approximate surface area is 115 Å². The lowest BCUT2D eigenvalue weighted by atomic mass is 9.75. The molecule has 0 aromatic carbocycles. The van der Waals surface area contributed by atoms with E-state index in [1.54, 1.807) is 0 Å². The summed E-state index contributed by atoms with van der Waals surface area (Å²) in [6.07, 6.45) is 11.0. The maximum Gasteiger partial charge on any atom is 0.0330 e. The van der Waals surface area contributed by atoms with Gasteiger partial charge in [-0.1, -0.05) is 46.0 Å². The van der Waals surface area contributed by atoms with Gasteiger partial charge in [-0.05, 0) is 45.8 Å². The summed E-state index contributed by atoms with van der Waals surface area (Å²) in [5.41, 5.74) is 0.419. The van der Waals surface area contributed by atoms with Crippen LogP contribution >= 0.6 is 0 Å². The van der Waals surface area contributed by atoms with Crippen LogP contribution in [0.25, 0.3) is 0 Å². The van der Waals surface area contributed by atoms with E-state index in [-0.39, 0.29) is 0 Å². The molecule has 1 aliphatic rings. The molecule has 0 amide bonds. The Morgan fingerprint density at radius 2 is 2.00 bits per heavy atom. The van der Waals surface area contributed by atoms with Gasteiger partial charge in [-0.15, -0.1) is 0 Å². The van der Waals surface area contributed by atoms with E-state index in [1.807, 2.05) is 0 Å². The van der Waals surface area contributed by atoms with Gasteiger partial charge in [0.2, 0.25) is 0 Å². The summed E-state index contributed by atoms with van der Waals surface area (Å²) in [4.78, 5) is 2.47. The van der Waals surface area contributed by atoms with Gasteiger partial charge in [-0.25, -0.2) is 0 Å². The first-order chi connectivity index (χ1) is 8.60. The maximum atomic E-state index is 3.72. The smallest absolute Gasteiger partial charge is 0.0330 e. The summed E-state index contributed by atoms with van der Waals surface area (Å²) in [6, 6.07) is 0. The van der Waals surface area contributed by atoms with Crippen LogP contribution in [0.3, 0.4) is 0 Å². The number of hydrogen-bond donors (Lipinski definition) is 1. The molecule has 0 aliphatic heterocycles. The molecule has 1 N–H and O–H groups in total. The van der Waals surface area contributed by atoms with E-state index in [0.717, 1.165) is 5.92 Å². The molecule has 108 valence electrons. The van der Waals surface area contributed by atoms with Crippen molar-refractivity contribution in [1.29, 1.82) is 0 Å². The van der Waals surface area contributed by atoms with Crippen molar-refractivity contribution in [2.75, 3.05) is 27.2 Å². The molecular formula is C16H34N2. The van der Waals surface area contributed by atoms with Gasteiger partial charge >= 0.3 is 0 Å². The molecule has 0 heterocycles. The molecule has 0 saturated heterocycles. The third kappa shape index (κ3) is 4.89. The maximum absolute atomic E-state index is 3.72. The minimum absolute atomic E-state index is 0.419. The second kappa shape index (κ2) is 8.16. The molecule has 0 aromatic heterocycles. The van der Waals surface area contributed by atoms with Crippen molar-refractivity contribution in [3.63, 3.8) is 0 Å². The molecule has 1 aliphatic carbocycles. The Kier molecular flexibility index (Phi) is 7.25. The molecule has 2 unspecified atom stereocenters. The van der Waals surface area contributed by atoms with Crippen molar-refractivity contribution >= 4 is 0 Å². The van der Waals surface area contributed by atoms with Crippen molar-refractivity contribution in [2.45, 2.75) is 70.8 Å². The first kappa shape index (κ1) is 16.0. The topological polar surface area (TPSA) is 15.3 Å². The Balaban J connectivity index is 2.29. The molecule has 0 aromatic rings. The van der Waals surface area contributed by atoms with Crippen LogP contribution in [0.1, 0.15) is 65.2 Å². The zero-order chi connectivity index (χ0) is 13.4. The summed E-state index contributed by atoms with van der Waals surface area (Å²) in [6.45, 7) is 7.07. The fourth-order valence-electron chi connectivity index (χ4n) is 3.36. The lowest BCUT2D eigenvalue weighted by Crippen LogP contribution is -2.54. The van der Waals surface area contributed by atoms with Gasteiger partial charge in [0.05, 0.1) is 0 Å². The lowest BCUT2D eigenvalue weighted by molar-refractivity contribution is 0.0753. The highest BCUT2D eigenvalue weighted by Crippen LogP contribution is 2.35. The van der Waals surface area contributed by atoms with Gasteiger partial charge in [-0.3, -0.25) is 0 Å². The fraction of sp³-hybridized carbons (Fsp3) is 1.00. The Bertz CT molecular complexity index is 215. The van der Waals surface area contributed by atoms with E-state index in [2.05, 4.69) is 38.2 Å². The largest absolute Gasteiger partial charge is 0.315 e. The highest BCUT2D eigenvalue weighted by atomic mass is 15.2. The molecule has 18 heavy (non-hydrogen) atoms. The van der Waals surface area contributed by atoms with Crippen molar-refractivity contribution < 1.29 is 0 Å². The number of hydrogen-bond acceptors (Lipinski definition) is 2. The van der Waals surface area contributed by atoms with Crippen LogP contribution in [0, 0.1) is 5.92 Å². The minimum atomic E-state index is 0.419. The van der Waals surface area contributed by atoms with Gasteiger partial charge in [0, 0.05) is 12.1 Å². The quantitative estimate of drug-likeness (QED) is 0.665. The molecule has 1 fully saturated rings. The second-order valence-corrected chi connectivity index (χ2v) is 6.56. The zero-order valence-electron chi connectivity index (χ0n) is 13.1. The number of likely N-dealkylation sites (N-methyl/N-ethyl adjacent to an activating group) is 1. The number of rotatable bonds is 8. The van der Waals surface area contributed by atoms with Crippen LogP contribution in [-0.2, 0) is 0 Å². The summed E-state index contributed by atoms with van der Waals surface area (Å²) in [7, 11) is 4.52. The van der Waals surface area contributed by atoms with Gasteiger partial charge in [0.15, 0.2) is 0 Å². The van der Waals surface area contributed by atoms with E-state index in [0.29, 0.717) is 5.54 Å². The second-order valence-electron chi connectivity index (χ2n) is 6.56. The zero-order valence-corrected chi connectivity index (χ0v) is 13.1. The normalized spacial score (nSPS) is 28.8. The van der Waals surface area contributed by atoms with E-state index < -0.39 is 0 Å². The van der Waals surface area contributed by atoms with Crippen LogP contribution in [-0.4, -0.2) is 37.6 Å². The van der Waals surface area contributed by atoms with Crippen molar-refractivity contribution in [2.24, 2.45) is 5.92 Å².